The van der Waals surface area contributed by atoms with E-state index in [1.165, 1.54) is 0 Å². The Balaban J connectivity index is 1.99. The van der Waals surface area contributed by atoms with Crippen LogP contribution in [0.25, 0.3) is 0 Å². The van der Waals surface area contributed by atoms with Crippen molar-refractivity contribution in [2.24, 2.45) is 0 Å². The molecular formula is C14H20N2O2S. The summed E-state index contributed by atoms with van der Waals surface area (Å²) in [6.45, 7) is 3.57. The van der Waals surface area contributed by atoms with E-state index in [1.54, 1.807) is 4.31 Å². The summed E-state index contributed by atoms with van der Waals surface area (Å²) < 4.78 is 26.6. The first kappa shape index (κ1) is 12.9. The topological polar surface area (TPSA) is 49.4 Å². The third-order valence-electron chi connectivity index (χ3n) is 3.91. The van der Waals surface area contributed by atoms with Gasteiger partial charge in [-0.15, -0.1) is 0 Å². The number of anilines is 1. The first-order valence-electron chi connectivity index (χ1n) is 6.98. The van der Waals surface area contributed by atoms with Crippen LogP contribution < -0.4 is 9.62 Å². The van der Waals surface area contributed by atoms with E-state index in [2.05, 4.69) is 12.2 Å². The van der Waals surface area contributed by atoms with Crippen molar-refractivity contribution in [3.05, 3.63) is 29.8 Å². The number of sulfonamides is 1. The maximum Gasteiger partial charge on any atom is 0.238 e. The lowest BCUT2D eigenvalue weighted by Crippen LogP contribution is -2.41. The maximum atomic E-state index is 12.5. The van der Waals surface area contributed by atoms with Crippen molar-refractivity contribution < 1.29 is 8.42 Å². The Morgan fingerprint density at radius 3 is 2.68 bits per heavy atom. The standard InChI is InChI=1S/C14H20N2O2S/c1-2-15-13-9-10-16(19(17,18)11-7-8-11)14-6-4-3-5-12(13)14/h3-6,11,13,15H,2,7-10H2,1H3. The van der Waals surface area contributed by atoms with Gasteiger partial charge in [-0.2, -0.15) is 0 Å². The average Bonchev–Trinajstić information content (AvgIpc) is 3.24. The van der Waals surface area contributed by atoms with E-state index < -0.39 is 10.0 Å². The summed E-state index contributed by atoms with van der Waals surface area (Å²) in [5, 5.41) is 3.29. The number of hydrogen-bond acceptors (Lipinski definition) is 3. The van der Waals surface area contributed by atoms with Crippen LogP contribution >= 0.6 is 0 Å². The normalized spacial score (nSPS) is 23.2. The van der Waals surface area contributed by atoms with Crippen molar-refractivity contribution in [2.75, 3.05) is 17.4 Å². The van der Waals surface area contributed by atoms with Gasteiger partial charge in [0.05, 0.1) is 10.9 Å². The SMILES string of the molecule is CCNC1CCN(S(=O)(=O)C2CC2)c2ccccc21. The molecule has 1 heterocycles. The average molecular weight is 280 g/mol. The Kier molecular flexibility index (Phi) is 3.27. The zero-order chi connectivity index (χ0) is 13.5. The second kappa shape index (κ2) is 4.80. The van der Waals surface area contributed by atoms with Gasteiger partial charge >= 0.3 is 0 Å². The van der Waals surface area contributed by atoms with E-state index in [4.69, 9.17) is 0 Å². The summed E-state index contributed by atoms with van der Waals surface area (Å²) in [5.74, 6) is 0. The van der Waals surface area contributed by atoms with E-state index >= 15 is 0 Å². The van der Waals surface area contributed by atoms with E-state index in [0.29, 0.717) is 6.54 Å². The summed E-state index contributed by atoms with van der Waals surface area (Å²) in [4.78, 5) is 0. The number of nitrogens with one attached hydrogen (secondary N) is 1. The first-order chi connectivity index (χ1) is 9.14. The molecule has 1 aromatic rings. The molecule has 1 aliphatic carbocycles. The van der Waals surface area contributed by atoms with Gasteiger partial charge in [-0.1, -0.05) is 25.1 Å². The molecule has 0 amide bonds. The molecule has 1 aliphatic heterocycles. The molecule has 1 N–H and O–H groups in total. The Hall–Kier alpha value is -1.07. The second-order valence-electron chi connectivity index (χ2n) is 5.27. The number of fused-ring (bicyclic) bond motifs is 1. The van der Waals surface area contributed by atoms with Gasteiger partial charge in [-0.05, 0) is 37.4 Å². The molecule has 0 aromatic heterocycles. The molecular weight excluding hydrogens is 260 g/mol. The highest BCUT2D eigenvalue weighted by molar-refractivity contribution is 7.93. The second-order valence-corrected chi connectivity index (χ2v) is 7.41. The van der Waals surface area contributed by atoms with Crippen LogP contribution in [0.5, 0.6) is 0 Å². The molecule has 1 aromatic carbocycles. The van der Waals surface area contributed by atoms with Gasteiger partial charge in [0.25, 0.3) is 0 Å². The van der Waals surface area contributed by atoms with E-state index in [-0.39, 0.29) is 11.3 Å². The van der Waals surface area contributed by atoms with Gasteiger partial charge in [-0.3, -0.25) is 4.31 Å². The molecule has 2 aliphatic rings. The highest BCUT2D eigenvalue weighted by Crippen LogP contribution is 2.40. The van der Waals surface area contributed by atoms with Crippen molar-refractivity contribution in [3.8, 4) is 0 Å². The Morgan fingerprint density at radius 1 is 1.26 bits per heavy atom. The summed E-state index contributed by atoms with van der Waals surface area (Å²) in [6.07, 6.45) is 2.48. The van der Waals surface area contributed by atoms with E-state index in [1.807, 2.05) is 24.3 Å². The highest BCUT2D eigenvalue weighted by Gasteiger charge is 2.42. The fraction of sp³-hybridized carbons (Fsp3) is 0.571. The molecule has 3 rings (SSSR count). The molecule has 1 saturated carbocycles. The van der Waals surface area contributed by atoms with Gasteiger partial charge in [0.2, 0.25) is 10.0 Å². The summed E-state index contributed by atoms with van der Waals surface area (Å²) >= 11 is 0. The Labute approximate surface area is 114 Å². The fourth-order valence-corrected chi connectivity index (χ4v) is 4.69. The van der Waals surface area contributed by atoms with Crippen molar-refractivity contribution in [2.45, 2.75) is 37.5 Å². The van der Waals surface area contributed by atoms with Crippen LogP contribution in [-0.2, 0) is 10.0 Å². The van der Waals surface area contributed by atoms with E-state index in [9.17, 15) is 8.42 Å². The molecule has 0 saturated heterocycles. The molecule has 4 nitrogen and oxygen atoms in total. The summed E-state index contributed by atoms with van der Waals surface area (Å²) in [6, 6.07) is 8.14. The summed E-state index contributed by atoms with van der Waals surface area (Å²) in [7, 11) is -3.14. The predicted octanol–water partition coefficient (Wildman–Crippen LogP) is 2.04. The molecule has 1 unspecified atom stereocenters. The van der Waals surface area contributed by atoms with Gasteiger partial charge in [0, 0.05) is 12.6 Å². The molecule has 0 spiro atoms. The number of rotatable bonds is 4. The van der Waals surface area contributed by atoms with Gasteiger partial charge < -0.3 is 5.32 Å². The van der Waals surface area contributed by atoms with Crippen LogP contribution in [0.15, 0.2) is 24.3 Å². The highest BCUT2D eigenvalue weighted by atomic mass is 32.2. The van der Waals surface area contributed by atoms with Gasteiger partial charge in [-0.25, -0.2) is 8.42 Å². The van der Waals surface area contributed by atoms with Gasteiger partial charge in [0.15, 0.2) is 0 Å². The molecule has 19 heavy (non-hydrogen) atoms. The van der Waals surface area contributed by atoms with Gasteiger partial charge in [0.1, 0.15) is 0 Å². The number of para-hydroxylation sites is 1. The minimum Gasteiger partial charge on any atom is -0.310 e. The lowest BCUT2D eigenvalue weighted by molar-refractivity contribution is 0.502. The van der Waals surface area contributed by atoms with Crippen LogP contribution in [0, 0.1) is 0 Å². The fourth-order valence-electron chi connectivity index (χ4n) is 2.80. The molecule has 104 valence electrons. The first-order valence-corrected chi connectivity index (χ1v) is 8.48. The largest absolute Gasteiger partial charge is 0.310 e. The minimum atomic E-state index is -3.14. The molecule has 0 bridgehead atoms. The lowest BCUT2D eigenvalue weighted by Gasteiger charge is -2.35. The van der Waals surface area contributed by atoms with Crippen LogP contribution in [0.4, 0.5) is 5.69 Å². The lowest BCUT2D eigenvalue weighted by atomic mass is 9.98. The van der Waals surface area contributed by atoms with Crippen LogP contribution in [0.3, 0.4) is 0 Å². The smallest absolute Gasteiger partial charge is 0.238 e. The Bertz CT molecular complexity index is 567. The van der Waals surface area contributed by atoms with Crippen molar-refractivity contribution in [1.82, 2.24) is 5.32 Å². The predicted molar refractivity (Wildman–Crippen MR) is 76.8 cm³/mol. The Morgan fingerprint density at radius 2 is 2.00 bits per heavy atom. The third kappa shape index (κ3) is 2.25. The molecule has 1 fully saturated rings. The quantitative estimate of drug-likeness (QED) is 0.918. The number of benzene rings is 1. The monoisotopic (exact) mass is 280 g/mol. The molecule has 0 radical (unpaired) electrons. The van der Waals surface area contributed by atoms with Crippen molar-refractivity contribution >= 4 is 15.7 Å². The zero-order valence-corrected chi connectivity index (χ0v) is 12.0. The zero-order valence-electron chi connectivity index (χ0n) is 11.2. The van der Waals surface area contributed by atoms with Crippen molar-refractivity contribution in [3.63, 3.8) is 0 Å². The minimum absolute atomic E-state index is 0.142. The number of hydrogen-bond donors (Lipinski definition) is 1. The van der Waals surface area contributed by atoms with Crippen LogP contribution in [0.2, 0.25) is 0 Å². The van der Waals surface area contributed by atoms with Crippen molar-refractivity contribution in [1.29, 1.82) is 0 Å². The molecule has 1 atom stereocenters. The number of nitrogens with zero attached hydrogens (tertiary/aromatic N) is 1. The third-order valence-corrected chi connectivity index (χ3v) is 6.21. The maximum absolute atomic E-state index is 12.5. The summed E-state index contributed by atoms with van der Waals surface area (Å²) in [5.41, 5.74) is 1.98. The van der Waals surface area contributed by atoms with E-state index in [0.717, 1.165) is 37.1 Å². The molecule has 5 heteroatoms. The van der Waals surface area contributed by atoms with Crippen LogP contribution in [-0.4, -0.2) is 26.8 Å². The van der Waals surface area contributed by atoms with Crippen LogP contribution in [0.1, 0.15) is 37.8 Å².